The van der Waals surface area contributed by atoms with Gasteiger partial charge in [0, 0.05) is 6.54 Å². The smallest absolute Gasteiger partial charge is 0.311 e. The molecule has 1 atom stereocenters. The van der Waals surface area contributed by atoms with Crippen molar-refractivity contribution in [1.82, 2.24) is 4.90 Å². The van der Waals surface area contributed by atoms with Crippen molar-refractivity contribution in [1.29, 1.82) is 0 Å². The van der Waals surface area contributed by atoms with Crippen LogP contribution in [-0.4, -0.2) is 49.3 Å². The molecule has 5 heteroatoms. The van der Waals surface area contributed by atoms with Gasteiger partial charge in [-0.05, 0) is 55.6 Å². The molecular formula is C23H29NO4. The van der Waals surface area contributed by atoms with Gasteiger partial charge in [0.1, 0.15) is 6.61 Å². The first-order valence-electron chi connectivity index (χ1n) is 9.97. The summed E-state index contributed by atoms with van der Waals surface area (Å²) in [5.74, 6) is -0.0630. The second-order valence-corrected chi connectivity index (χ2v) is 7.24. The lowest BCUT2D eigenvalue weighted by Crippen LogP contribution is -2.33. The van der Waals surface area contributed by atoms with Gasteiger partial charge in [-0.1, -0.05) is 42.8 Å². The average Bonchev–Trinajstić information content (AvgIpc) is 2.74. The number of benzene rings is 2. The standard InChI is InChI=1S/C23H29NO4/c1-27-22-17-18(16-20(23(25)26)19-8-4-2-5-9-19)10-11-21(22)28-15-14-24-12-6-3-7-13-24/h2,4-5,8-11,17,20H,3,6-7,12-16H2,1H3,(H,25,26). The van der Waals surface area contributed by atoms with Gasteiger partial charge in [-0.25, -0.2) is 0 Å². The summed E-state index contributed by atoms with van der Waals surface area (Å²) in [4.78, 5) is 14.2. The number of carboxylic acid groups (broad SMARTS) is 1. The van der Waals surface area contributed by atoms with Crippen LogP contribution in [0.4, 0.5) is 0 Å². The van der Waals surface area contributed by atoms with Gasteiger partial charge in [0.05, 0.1) is 13.0 Å². The molecule has 1 aliphatic rings. The van der Waals surface area contributed by atoms with Gasteiger partial charge >= 0.3 is 5.97 Å². The van der Waals surface area contributed by atoms with E-state index < -0.39 is 11.9 Å². The Balaban J connectivity index is 1.63. The Labute approximate surface area is 166 Å². The maximum atomic E-state index is 11.8. The van der Waals surface area contributed by atoms with Crippen molar-refractivity contribution in [2.24, 2.45) is 0 Å². The highest BCUT2D eigenvalue weighted by Gasteiger charge is 2.21. The summed E-state index contributed by atoms with van der Waals surface area (Å²) >= 11 is 0. The first kappa shape index (κ1) is 20.2. The highest BCUT2D eigenvalue weighted by Crippen LogP contribution is 2.30. The van der Waals surface area contributed by atoms with Crippen LogP contribution in [0.25, 0.3) is 0 Å². The third kappa shape index (κ3) is 5.49. The highest BCUT2D eigenvalue weighted by molar-refractivity contribution is 5.76. The normalized spacial score (nSPS) is 15.8. The maximum Gasteiger partial charge on any atom is 0.311 e. The lowest BCUT2D eigenvalue weighted by molar-refractivity contribution is -0.138. The van der Waals surface area contributed by atoms with Crippen LogP contribution in [0, 0.1) is 0 Å². The monoisotopic (exact) mass is 383 g/mol. The number of likely N-dealkylation sites (tertiary alicyclic amines) is 1. The molecule has 2 aromatic rings. The molecule has 150 valence electrons. The van der Waals surface area contributed by atoms with Gasteiger partial charge < -0.3 is 14.6 Å². The van der Waals surface area contributed by atoms with E-state index in [-0.39, 0.29) is 0 Å². The number of ether oxygens (including phenoxy) is 2. The van der Waals surface area contributed by atoms with Crippen molar-refractivity contribution in [3.8, 4) is 11.5 Å². The van der Waals surface area contributed by atoms with Crippen LogP contribution >= 0.6 is 0 Å². The van der Waals surface area contributed by atoms with Crippen molar-refractivity contribution < 1.29 is 19.4 Å². The summed E-state index contributed by atoms with van der Waals surface area (Å²) in [6, 6.07) is 15.0. The molecule has 28 heavy (non-hydrogen) atoms. The quantitative estimate of drug-likeness (QED) is 0.710. The van der Waals surface area contributed by atoms with Crippen LogP contribution in [-0.2, 0) is 11.2 Å². The first-order valence-corrected chi connectivity index (χ1v) is 9.97. The van der Waals surface area contributed by atoms with Crippen molar-refractivity contribution in [2.45, 2.75) is 31.6 Å². The Morgan fingerprint density at radius 2 is 1.82 bits per heavy atom. The Morgan fingerprint density at radius 1 is 1.07 bits per heavy atom. The average molecular weight is 383 g/mol. The number of carboxylic acids is 1. The van der Waals surface area contributed by atoms with E-state index in [4.69, 9.17) is 9.47 Å². The van der Waals surface area contributed by atoms with E-state index in [9.17, 15) is 9.90 Å². The molecule has 1 aliphatic heterocycles. The Hall–Kier alpha value is -2.53. The fraction of sp³-hybridized carbons (Fsp3) is 0.435. The Kier molecular flexibility index (Phi) is 7.31. The molecule has 0 spiro atoms. The number of carbonyl (C=O) groups is 1. The molecule has 0 radical (unpaired) electrons. The number of rotatable bonds is 9. The van der Waals surface area contributed by atoms with Gasteiger partial charge in [0.2, 0.25) is 0 Å². The number of piperidine rings is 1. The van der Waals surface area contributed by atoms with Gasteiger partial charge in [-0.2, -0.15) is 0 Å². The molecule has 0 aromatic heterocycles. The minimum Gasteiger partial charge on any atom is -0.493 e. The molecule has 1 heterocycles. The third-order valence-corrected chi connectivity index (χ3v) is 5.28. The number of hydrogen-bond acceptors (Lipinski definition) is 4. The summed E-state index contributed by atoms with van der Waals surface area (Å²) in [6.07, 6.45) is 4.27. The van der Waals surface area contributed by atoms with Crippen LogP contribution in [0.2, 0.25) is 0 Å². The van der Waals surface area contributed by atoms with E-state index in [1.165, 1.54) is 19.3 Å². The third-order valence-electron chi connectivity index (χ3n) is 5.28. The number of methoxy groups -OCH3 is 1. The van der Waals surface area contributed by atoms with Crippen LogP contribution in [0.1, 0.15) is 36.3 Å². The van der Waals surface area contributed by atoms with Gasteiger partial charge in [0.15, 0.2) is 11.5 Å². The second-order valence-electron chi connectivity index (χ2n) is 7.24. The molecule has 1 saturated heterocycles. The van der Waals surface area contributed by atoms with Crippen molar-refractivity contribution >= 4 is 5.97 Å². The topological polar surface area (TPSA) is 59.0 Å². The maximum absolute atomic E-state index is 11.8. The van der Waals surface area contributed by atoms with E-state index in [1.807, 2.05) is 48.5 Å². The number of nitrogens with zero attached hydrogens (tertiary/aromatic N) is 1. The molecule has 1 unspecified atom stereocenters. The molecule has 3 rings (SSSR count). The minimum atomic E-state index is -0.827. The summed E-state index contributed by atoms with van der Waals surface area (Å²) < 4.78 is 11.4. The van der Waals surface area contributed by atoms with Crippen LogP contribution in [0.3, 0.4) is 0 Å². The molecule has 5 nitrogen and oxygen atoms in total. The molecule has 2 aromatic carbocycles. The Morgan fingerprint density at radius 3 is 2.50 bits per heavy atom. The highest BCUT2D eigenvalue weighted by atomic mass is 16.5. The van der Waals surface area contributed by atoms with Crippen LogP contribution < -0.4 is 9.47 Å². The molecule has 1 fully saturated rings. The molecule has 0 amide bonds. The summed E-state index contributed by atoms with van der Waals surface area (Å²) in [7, 11) is 1.61. The molecule has 0 bridgehead atoms. The van der Waals surface area contributed by atoms with Gasteiger partial charge in [0.25, 0.3) is 0 Å². The Bertz CT molecular complexity index is 756. The van der Waals surface area contributed by atoms with Gasteiger partial charge in [-0.3, -0.25) is 9.69 Å². The summed E-state index contributed by atoms with van der Waals surface area (Å²) in [5, 5.41) is 9.65. The van der Waals surface area contributed by atoms with E-state index in [0.717, 1.165) is 30.8 Å². The van der Waals surface area contributed by atoms with Crippen molar-refractivity contribution in [3.05, 3.63) is 59.7 Å². The zero-order valence-electron chi connectivity index (χ0n) is 16.5. The summed E-state index contributed by atoms with van der Waals surface area (Å²) in [5.41, 5.74) is 1.72. The zero-order chi connectivity index (χ0) is 19.8. The number of aliphatic carboxylic acids is 1. The SMILES string of the molecule is COc1cc(CC(C(=O)O)c2ccccc2)ccc1OCCN1CCCCC1. The predicted octanol–water partition coefficient (Wildman–Crippen LogP) is 3.97. The number of hydrogen-bond donors (Lipinski definition) is 1. The molecule has 1 N–H and O–H groups in total. The van der Waals surface area contributed by atoms with E-state index in [2.05, 4.69) is 4.90 Å². The van der Waals surface area contributed by atoms with E-state index in [0.29, 0.717) is 24.5 Å². The zero-order valence-corrected chi connectivity index (χ0v) is 16.5. The predicted molar refractivity (Wildman–Crippen MR) is 109 cm³/mol. The van der Waals surface area contributed by atoms with E-state index >= 15 is 0 Å². The lowest BCUT2D eigenvalue weighted by Gasteiger charge is -2.26. The summed E-state index contributed by atoms with van der Waals surface area (Å²) in [6.45, 7) is 3.84. The fourth-order valence-electron chi connectivity index (χ4n) is 3.69. The van der Waals surface area contributed by atoms with Crippen molar-refractivity contribution in [3.63, 3.8) is 0 Å². The van der Waals surface area contributed by atoms with Crippen molar-refractivity contribution in [2.75, 3.05) is 33.4 Å². The molecule has 0 aliphatic carbocycles. The molecule has 0 saturated carbocycles. The first-order chi connectivity index (χ1) is 13.7. The van der Waals surface area contributed by atoms with Crippen LogP contribution in [0.5, 0.6) is 11.5 Å². The van der Waals surface area contributed by atoms with E-state index in [1.54, 1.807) is 7.11 Å². The largest absolute Gasteiger partial charge is 0.493 e. The second kappa shape index (κ2) is 10.1. The van der Waals surface area contributed by atoms with Crippen LogP contribution in [0.15, 0.2) is 48.5 Å². The lowest BCUT2D eigenvalue weighted by atomic mass is 9.92. The van der Waals surface area contributed by atoms with Gasteiger partial charge in [-0.15, -0.1) is 0 Å². The molecular weight excluding hydrogens is 354 g/mol. The minimum absolute atomic E-state index is 0.407. The fourth-order valence-corrected chi connectivity index (χ4v) is 3.69.